The van der Waals surface area contributed by atoms with Crippen LogP contribution in [0.5, 0.6) is 0 Å². The smallest absolute Gasteiger partial charge is 0.174 e. The van der Waals surface area contributed by atoms with Gasteiger partial charge in [0.2, 0.25) is 0 Å². The van der Waals surface area contributed by atoms with E-state index in [1.54, 1.807) is 12.4 Å². The molecule has 0 bridgehead atoms. The van der Waals surface area contributed by atoms with Crippen LogP contribution in [0.4, 0.5) is 5.82 Å². The molecule has 7 nitrogen and oxygen atoms in total. The highest BCUT2D eigenvalue weighted by atomic mass is 15.3. The number of nitrogens with one attached hydrogen (secondary N) is 1. The molecule has 3 heterocycles. The van der Waals surface area contributed by atoms with Crippen LogP contribution in [0.3, 0.4) is 0 Å². The van der Waals surface area contributed by atoms with E-state index in [9.17, 15) is 0 Å². The third kappa shape index (κ3) is 4.10. The molecule has 2 aromatic rings. The average Bonchev–Trinajstić information content (AvgIpc) is 2.88. The Hall–Kier alpha value is -1.99. The highest BCUT2D eigenvalue weighted by Gasteiger charge is 2.16. The van der Waals surface area contributed by atoms with Gasteiger partial charge in [0.1, 0.15) is 5.82 Å². The average molecular weight is 329 g/mol. The highest BCUT2D eigenvalue weighted by Crippen LogP contribution is 2.12. The third-order valence-corrected chi connectivity index (χ3v) is 4.37. The van der Waals surface area contributed by atoms with Gasteiger partial charge in [-0.3, -0.25) is 9.88 Å². The quantitative estimate of drug-likeness (QED) is 0.893. The van der Waals surface area contributed by atoms with Crippen LogP contribution in [0.2, 0.25) is 0 Å². The molecule has 0 saturated carbocycles. The van der Waals surface area contributed by atoms with Gasteiger partial charge in [-0.05, 0) is 33.9 Å². The molecule has 130 valence electrons. The summed E-state index contributed by atoms with van der Waals surface area (Å²) in [7, 11) is 2.18. The first-order chi connectivity index (χ1) is 11.5. The zero-order valence-corrected chi connectivity index (χ0v) is 15.0. The maximum absolute atomic E-state index is 4.66. The van der Waals surface area contributed by atoms with Crippen LogP contribution in [-0.2, 0) is 0 Å². The molecule has 0 amide bonds. The van der Waals surface area contributed by atoms with Gasteiger partial charge in [0.15, 0.2) is 5.82 Å². The minimum Gasteiger partial charge on any atom is -0.365 e. The Balaban J connectivity index is 1.63. The lowest BCUT2D eigenvalue weighted by atomic mass is 10.2. The largest absolute Gasteiger partial charge is 0.365 e. The van der Waals surface area contributed by atoms with E-state index in [0.29, 0.717) is 6.04 Å². The number of aryl methyl sites for hydroxylation is 2. The fraction of sp³-hybridized carbons (Fsp3) is 0.588. The van der Waals surface area contributed by atoms with Gasteiger partial charge in [-0.25, -0.2) is 9.67 Å². The van der Waals surface area contributed by atoms with E-state index in [1.807, 2.05) is 24.6 Å². The lowest BCUT2D eigenvalue weighted by Gasteiger charge is -2.34. The minimum atomic E-state index is 0.318. The first-order valence-corrected chi connectivity index (χ1v) is 8.54. The monoisotopic (exact) mass is 329 g/mol. The second kappa shape index (κ2) is 7.27. The Kier molecular flexibility index (Phi) is 5.11. The Labute approximate surface area is 143 Å². The van der Waals surface area contributed by atoms with Gasteiger partial charge in [0.25, 0.3) is 0 Å². The van der Waals surface area contributed by atoms with Crippen molar-refractivity contribution in [3.8, 4) is 5.82 Å². The third-order valence-electron chi connectivity index (χ3n) is 4.37. The molecular formula is C17H27N7. The fourth-order valence-electron chi connectivity index (χ4n) is 3.10. The Morgan fingerprint density at radius 1 is 1.17 bits per heavy atom. The van der Waals surface area contributed by atoms with Crippen molar-refractivity contribution in [1.82, 2.24) is 29.5 Å². The van der Waals surface area contributed by atoms with Gasteiger partial charge in [0, 0.05) is 44.5 Å². The van der Waals surface area contributed by atoms with Gasteiger partial charge in [-0.15, -0.1) is 0 Å². The molecule has 1 aliphatic rings. The van der Waals surface area contributed by atoms with Crippen molar-refractivity contribution < 1.29 is 0 Å². The Morgan fingerprint density at radius 2 is 1.92 bits per heavy atom. The van der Waals surface area contributed by atoms with Gasteiger partial charge in [-0.1, -0.05) is 0 Å². The summed E-state index contributed by atoms with van der Waals surface area (Å²) >= 11 is 0. The molecule has 0 radical (unpaired) electrons. The van der Waals surface area contributed by atoms with Crippen LogP contribution in [0.25, 0.3) is 5.82 Å². The number of piperazine rings is 1. The molecule has 24 heavy (non-hydrogen) atoms. The number of anilines is 1. The van der Waals surface area contributed by atoms with Crippen molar-refractivity contribution in [2.24, 2.45) is 0 Å². The van der Waals surface area contributed by atoms with E-state index in [1.165, 1.54) is 0 Å². The molecule has 2 aromatic heterocycles. The van der Waals surface area contributed by atoms with Gasteiger partial charge < -0.3 is 10.2 Å². The fourth-order valence-corrected chi connectivity index (χ4v) is 3.10. The molecule has 1 fully saturated rings. The van der Waals surface area contributed by atoms with Crippen molar-refractivity contribution in [2.45, 2.75) is 26.8 Å². The second-order valence-corrected chi connectivity index (χ2v) is 6.75. The normalized spacial score (nSPS) is 17.8. The molecule has 1 aliphatic heterocycles. The molecule has 0 spiro atoms. The van der Waals surface area contributed by atoms with Crippen molar-refractivity contribution in [3.05, 3.63) is 29.8 Å². The van der Waals surface area contributed by atoms with Crippen molar-refractivity contribution in [3.63, 3.8) is 0 Å². The topological polar surface area (TPSA) is 62.1 Å². The number of rotatable bonds is 5. The van der Waals surface area contributed by atoms with Crippen molar-refractivity contribution in [2.75, 3.05) is 45.1 Å². The highest BCUT2D eigenvalue weighted by molar-refractivity contribution is 5.37. The predicted octanol–water partition coefficient (Wildman–Crippen LogP) is 1.33. The lowest BCUT2D eigenvalue weighted by molar-refractivity contribution is 0.151. The zero-order chi connectivity index (χ0) is 17.1. The second-order valence-electron chi connectivity index (χ2n) is 6.75. The summed E-state index contributed by atoms with van der Waals surface area (Å²) < 4.78 is 1.83. The summed E-state index contributed by atoms with van der Waals surface area (Å²) in [6.45, 7) is 11.7. The van der Waals surface area contributed by atoms with E-state index in [-0.39, 0.29) is 0 Å². The van der Waals surface area contributed by atoms with Crippen molar-refractivity contribution in [1.29, 1.82) is 0 Å². The Bertz CT molecular complexity index is 673. The maximum Gasteiger partial charge on any atom is 0.174 e. The summed E-state index contributed by atoms with van der Waals surface area (Å²) in [5.41, 5.74) is 2.04. The SMILES string of the molecule is Cc1cc(C)n(-c2cncc(NC(C)CN3CCN(C)CC3)n2)n1. The maximum atomic E-state index is 4.66. The number of hydrogen-bond acceptors (Lipinski definition) is 6. The summed E-state index contributed by atoms with van der Waals surface area (Å²) in [6, 6.07) is 2.36. The first kappa shape index (κ1) is 16.9. The van der Waals surface area contributed by atoms with Crippen molar-refractivity contribution >= 4 is 5.82 Å². The van der Waals surface area contributed by atoms with Gasteiger partial charge in [0.05, 0.1) is 18.1 Å². The summed E-state index contributed by atoms with van der Waals surface area (Å²) in [6.07, 6.45) is 3.52. The van der Waals surface area contributed by atoms with Gasteiger partial charge >= 0.3 is 0 Å². The number of likely N-dealkylation sites (N-methyl/N-ethyl adjacent to an activating group) is 1. The van der Waals surface area contributed by atoms with Gasteiger partial charge in [-0.2, -0.15) is 5.10 Å². The standard InChI is InChI=1S/C17H27N7/c1-13-9-15(3)24(21-13)17-11-18-10-16(20-17)19-14(2)12-23-7-5-22(4)6-8-23/h9-11,14H,5-8,12H2,1-4H3,(H,19,20). The van der Waals surface area contributed by atoms with Crippen LogP contribution in [0, 0.1) is 13.8 Å². The van der Waals surface area contributed by atoms with E-state index < -0.39 is 0 Å². The van der Waals surface area contributed by atoms with E-state index in [2.05, 4.69) is 44.2 Å². The zero-order valence-electron chi connectivity index (χ0n) is 15.0. The molecule has 0 aromatic carbocycles. The minimum absolute atomic E-state index is 0.318. The summed E-state index contributed by atoms with van der Waals surface area (Å²) in [4.78, 5) is 13.8. The van der Waals surface area contributed by atoms with Crippen LogP contribution in [0.15, 0.2) is 18.5 Å². The molecule has 0 aliphatic carbocycles. The molecule has 3 rings (SSSR count). The molecule has 1 N–H and O–H groups in total. The molecular weight excluding hydrogens is 302 g/mol. The van der Waals surface area contributed by atoms with E-state index >= 15 is 0 Å². The number of hydrogen-bond donors (Lipinski definition) is 1. The van der Waals surface area contributed by atoms with Crippen LogP contribution >= 0.6 is 0 Å². The van der Waals surface area contributed by atoms with Crippen LogP contribution in [0.1, 0.15) is 18.3 Å². The Morgan fingerprint density at radius 3 is 2.58 bits per heavy atom. The van der Waals surface area contributed by atoms with Crippen LogP contribution in [-0.4, -0.2) is 75.4 Å². The molecule has 1 atom stereocenters. The van der Waals surface area contributed by atoms with Crippen LogP contribution < -0.4 is 5.32 Å². The molecule has 1 saturated heterocycles. The predicted molar refractivity (Wildman–Crippen MR) is 95.6 cm³/mol. The first-order valence-electron chi connectivity index (χ1n) is 8.54. The number of aromatic nitrogens is 4. The lowest BCUT2D eigenvalue weighted by Crippen LogP contribution is -2.47. The summed E-state index contributed by atoms with van der Waals surface area (Å²) in [5.74, 6) is 1.54. The summed E-state index contributed by atoms with van der Waals surface area (Å²) in [5, 5.41) is 7.94. The molecule has 7 heteroatoms. The van der Waals surface area contributed by atoms with E-state index in [4.69, 9.17) is 0 Å². The number of nitrogens with zero attached hydrogens (tertiary/aromatic N) is 6. The molecule has 1 unspecified atom stereocenters. The van der Waals surface area contributed by atoms with E-state index in [0.717, 1.165) is 55.7 Å².